The molecule has 0 aliphatic carbocycles. The van der Waals surface area contributed by atoms with Crippen LogP contribution in [0.4, 0.5) is 0 Å². The number of carboxylic acids is 1. The van der Waals surface area contributed by atoms with Crippen molar-refractivity contribution in [1.82, 2.24) is 5.32 Å². The van der Waals surface area contributed by atoms with E-state index < -0.39 is 12.0 Å². The summed E-state index contributed by atoms with van der Waals surface area (Å²) in [5, 5.41) is 11.2. The largest absolute Gasteiger partial charge is 0.480 e. The molecule has 70 valence electrons. The molecule has 0 aromatic rings. The number of nitrogens with one attached hydrogen (secondary N) is 1. The molecule has 0 saturated heterocycles. The second-order valence-corrected chi connectivity index (χ2v) is 3.43. The normalized spacial score (nSPS) is 12.5. The van der Waals surface area contributed by atoms with Crippen LogP contribution in [0.5, 0.6) is 0 Å². The summed E-state index contributed by atoms with van der Waals surface area (Å²) in [6, 6.07) is -0.561. The average Bonchev–Trinajstić information content (AvgIpc) is 1.96. The zero-order valence-electron chi connectivity index (χ0n) is 7.16. The fraction of sp³-hybridized carbons (Fsp3) is 0.714. The predicted octanol–water partition coefficient (Wildman–Crippen LogP) is -0.0188. The Kier molecular flexibility index (Phi) is 5.74. The first kappa shape index (κ1) is 11.4. The van der Waals surface area contributed by atoms with Gasteiger partial charge in [0.05, 0.1) is 5.75 Å². The second kappa shape index (κ2) is 6.02. The van der Waals surface area contributed by atoms with Gasteiger partial charge in [-0.1, -0.05) is 0 Å². The van der Waals surface area contributed by atoms with Crippen LogP contribution in [-0.2, 0) is 9.59 Å². The fourth-order valence-corrected chi connectivity index (χ4v) is 1.55. The van der Waals surface area contributed by atoms with E-state index in [1.807, 2.05) is 0 Å². The maximum atomic E-state index is 10.5. The molecule has 0 spiro atoms. The maximum Gasteiger partial charge on any atom is 0.321 e. The second-order valence-electron chi connectivity index (χ2n) is 2.40. The minimum absolute atomic E-state index is 0.0697. The van der Waals surface area contributed by atoms with Crippen LogP contribution in [0.3, 0.4) is 0 Å². The summed E-state index contributed by atoms with van der Waals surface area (Å²) >= 11 is 1.33. The molecule has 1 unspecified atom stereocenters. The Morgan fingerprint density at radius 3 is 2.50 bits per heavy atom. The standard InChI is InChI=1S/C7H13NO3S/c1-5(9)3-12-4-6(8-2)7(10)11/h6,8H,3-4H2,1-2H3,(H,10,11). The highest BCUT2D eigenvalue weighted by molar-refractivity contribution is 8.00. The highest BCUT2D eigenvalue weighted by Gasteiger charge is 2.14. The zero-order valence-corrected chi connectivity index (χ0v) is 7.98. The number of rotatable bonds is 6. The monoisotopic (exact) mass is 191 g/mol. The Labute approximate surface area is 75.7 Å². The molecule has 0 saturated carbocycles. The molecule has 0 radical (unpaired) electrons. The number of Topliss-reactive ketones (excluding diaryl/α,β-unsaturated/α-hetero) is 1. The number of carboxylic acid groups (broad SMARTS) is 1. The molecular formula is C7H13NO3S. The maximum absolute atomic E-state index is 10.5. The first-order valence-electron chi connectivity index (χ1n) is 3.55. The smallest absolute Gasteiger partial charge is 0.321 e. The van der Waals surface area contributed by atoms with E-state index in [1.54, 1.807) is 7.05 Å². The number of hydrogen-bond acceptors (Lipinski definition) is 4. The Balaban J connectivity index is 3.59. The van der Waals surface area contributed by atoms with Gasteiger partial charge in [-0.2, -0.15) is 11.8 Å². The van der Waals surface area contributed by atoms with Gasteiger partial charge in [-0.25, -0.2) is 0 Å². The van der Waals surface area contributed by atoms with Crippen LogP contribution in [0, 0.1) is 0 Å². The van der Waals surface area contributed by atoms with Gasteiger partial charge < -0.3 is 10.4 Å². The highest BCUT2D eigenvalue weighted by atomic mass is 32.2. The van der Waals surface area contributed by atoms with Gasteiger partial charge in [0, 0.05) is 5.75 Å². The van der Waals surface area contributed by atoms with E-state index in [9.17, 15) is 9.59 Å². The zero-order chi connectivity index (χ0) is 9.56. The molecule has 0 aliphatic heterocycles. The fourth-order valence-electron chi connectivity index (χ4n) is 0.599. The Hall–Kier alpha value is -0.550. The number of likely N-dealkylation sites (N-methyl/N-ethyl adjacent to an activating group) is 1. The summed E-state index contributed by atoms with van der Waals surface area (Å²) < 4.78 is 0. The Morgan fingerprint density at radius 1 is 1.58 bits per heavy atom. The molecule has 12 heavy (non-hydrogen) atoms. The van der Waals surface area contributed by atoms with E-state index >= 15 is 0 Å². The topological polar surface area (TPSA) is 66.4 Å². The van der Waals surface area contributed by atoms with Crippen molar-refractivity contribution in [3.05, 3.63) is 0 Å². The van der Waals surface area contributed by atoms with E-state index in [0.29, 0.717) is 11.5 Å². The lowest BCUT2D eigenvalue weighted by atomic mass is 10.3. The van der Waals surface area contributed by atoms with E-state index in [4.69, 9.17) is 5.11 Å². The quantitative estimate of drug-likeness (QED) is 0.617. The van der Waals surface area contributed by atoms with Crippen LogP contribution in [0.25, 0.3) is 0 Å². The first-order valence-corrected chi connectivity index (χ1v) is 4.70. The number of ketones is 1. The van der Waals surface area contributed by atoms with Crippen molar-refractivity contribution in [3.8, 4) is 0 Å². The van der Waals surface area contributed by atoms with E-state index in [-0.39, 0.29) is 5.78 Å². The molecule has 0 fully saturated rings. The lowest BCUT2D eigenvalue weighted by Gasteiger charge is -2.08. The van der Waals surface area contributed by atoms with Crippen molar-refractivity contribution in [2.45, 2.75) is 13.0 Å². The van der Waals surface area contributed by atoms with Crippen molar-refractivity contribution >= 4 is 23.5 Å². The van der Waals surface area contributed by atoms with Crippen LogP contribution in [0.2, 0.25) is 0 Å². The number of carbonyl (C=O) groups excluding carboxylic acids is 1. The third-order valence-electron chi connectivity index (χ3n) is 1.24. The van der Waals surface area contributed by atoms with Gasteiger partial charge in [-0.15, -0.1) is 0 Å². The third-order valence-corrected chi connectivity index (χ3v) is 2.42. The Bertz CT molecular complexity index is 172. The van der Waals surface area contributed by atoms with Crippen LogP contribution in [-0.4, -0.2) is 41.5 Å². The minimum Gasteiger partial charge on any atom is -0.480 e. The average molecular weight is 191 g/mol. The van der Waals surface area contributed by atoms with Crippen LogP contribution >= 0.6 is 11.8 Å². The lowest BCUT2D eigenvalue weighted by molar-refractivity contribution is -0.138. The molecule has 1 atom stereocenters. The summed E-state index contributed by atoms with van der Waals surface area (Å²) in [5.74, 6) is -0.00885. The molecular weight excluding hydrogens is 178 g/mol. The van der Waals surface area contributed by atoms with Crippen LogP contribution in [0.15, 0.2) is 0 Å². The van der Waals surface area contributed by atoms with Gasteiger partial charge in [-0.3, -0.25) is 9.59 Å². The predicted molar refractivity (Wildman–Crippen MR) is 48.5 cm³/mol. The molecule has 0 heterocycles. The third kappa shape index (κ3) is 5.15. The van der Waals surface area contributed by atoms with Crippen molar-refractivity contribution in [2.24, 2.45) is 0 Å². The molecule has 0 aromatic carbocycles. The number of carbonyl (C=O) groups is 2. The number of thioether (sulfide) groups is 1. The molecule has 0 aliphatic rings. The summed E-state index contributed by atoms with van der Waals surface area (Å²) in [7, 11) is 1.59. The van der Waals surface area contributed by atoms with Gasteiger partial charge in [0.25, 0.3) is 0 Å². The molecule has 0 bridgehead atoms. The minimum atomic E-state index is -0.881. The number of hydrogen-bond donors (Lipinski definition) is 2. The molecule has 0 aromatic heterocycles. The molecule has 2 N–H and O–H groups in total. The van der Waals surface area contributed by atoms with Crippen molar-refractivity contribution in [3.63, 3.8) is 0 Å². The molecule has 5 heteroatoms. The Morgan fingerprint density at radius 2 is 2.17 bits per heavy atom. The summed E-state index contributed by atoms with van der Waals surface area (Å²) in [6.45, 7) is 1.49. The number of aliphatic carboxylic acids is 1. The van der Waals surface area contributed by atoms with Gasteiger partial charge in [0.2, 0.25) is 0 Å². The first-order chi connectivity index (χ1) is 5.57. The van der Waals surface area contributed by atoms with E-state index in [1.165, 1.54) is 18.7 Å². The van der Waals surface area contributed by atoms with Gasteiger partial charge >= 0.3 is 5.97 Å². The SMILES string of the molecule is CNC(CSCC(C)=O)C(=O)O. The summed E-state index contributed by atoms with van der Waals surface area (Å²) in [6.07, 6.45) is 0. The van der Waals surface area contributed by atoms with Gasteiger partial charge in [-0.05, 0) is 14.0 Å². The summed E-state index contributed by atoms with van der Waals surface area (Å²) in [5.41, 5.74) is 0. The molecule has 0 amide bonds. The van der Waals surface area contributed by atoms with Gasteiger partial charge in [0.1, 0.15) is 11.8 Å². The van der Waals surface area contributed by atoms with Crippen molar-refractivity contribution in [2.75, 3.05) is 18.6 Å². The van der Waals surface area contributed by atoms with Crippen molar-refractivity contribution < 1.29 is 14.7 Å². The van der Waals surface area contributed by atoms with E-state index in [2.05, 4.69) is 5.32 Å². The molecule has 0 rings (SSSR count). The van der Waals surface area contributed by atoms with Crippen LogP contribution in [0.1, 0.15) is 6.92 Å². The van der Waals surface area contributed by atoms with Gasteiger partial charge in [0.15, 0.2) is 0 Å². The lowest BCUT2D eigenvalue weighted by Crippen LogP contribution is -2.36. The molecule has 4 nitrogen and oxygen atoms in total. The van der Waals surface area contributed by atoms with Crippen LogP contribution < -0.4 is 5.32 Å². The highest BCUT2D eigenvalue weighted by Crippen LogP contribution is 2.02. The van der Waals surface area contributed by atoms with E-state index in [0.717, 1.165) is 0 Å². The van der Waals surface area contributed by atoms with Crippen molar-refractivity contribution in [1.29, 1.82) is 0 Å². The summed E-state index contributed by atoms with van der Waals surface area (Å²) in [4.78, 5) is 20.9.